The van der Waals surface area contributed by atoms with Crippen molar-refractivity contribution in [3.63, 3.8) is 0 Å². The van der Waals surface area contributed by atoms with E-state index in [4.69, 9.17) is 0 Å². The fraction of sp³-hybridized carbons (Fsp3) is 0.143. The van der Waals surface area contributed by atoms with Gasteiger partial charge in [0, 0.05) is 17.4 Å². The topological polar surface area (TPSA) is 9.23 Å². The summed E-state index contributed by atoms with van der Waals surface area (Å²) in [6.45, 7) is 0. The van der Waals surface area contributed by atoms with Gasteiger partial charge in [-0.2, -0.15) is 0 Å². The Balaban J connectivity index is 0.000001000. The van der Waals surface area contributed by atoms with Gasteiger partial charge >= 0.3 is 18.9 Å². The molecule has 0 aliphatic carbocycles. The molecule has 1 aromatic rings. The van der Waals surface area contributed by atoms with Crippen LogP contribution in [0.25, 0.3) is 0 Å². The molecule has 0 aliphatic rings. The third-order valence-corrected chi connectivity index (χ3v) is 1.01. The summed E-state index contributed by atoms with van der Waals surface area (Å²) in [4.78, 5) is 0. The Morgan fingerprint density at radius 1 is 1.27 bits per heavy atom. The molecule has 0 saturated heterocycles. The average molecular weight is 150 g/mol. The first kappa shape index (κ1) is 10.5. The van der Waals surface area contributed by atoms with Gasteiger partial charge in [-0.05, 0) is 0 Å². The second-order valence-electron chi connectivity index (χ2n) is 1.72. The van der Waals surface area contributed by atoms with Gasteiger partial charge in [-0.3, -0.25) is 0 Å². The van der Waals surface area contributed by atoms with Gasteiger partial charge in [0.2, 0.25) is 0 Å². The van der Waals surface area contributed by atoms with Crippen molar-refractivity contribution in [1.82, 2.24) is 0 Å². The van der Waals surface area contributed by atoms with Gasteiger partial charge in [0.05, 0.1) is 7.11 Å². The van der Waals surface area contributed by atoms with Crippen molar-refractivity contribution in [2.75, 3.05) is 7.11 Å². The van der Waals surface area contributed by atoms with Crippen molar-refractivity contribution in [1.29, 1.82) is 0 Å². The van der Waals surface area contributed by atoms with Crippen LogP contribution in [0.2, 0.25) is 0 Å². The van der Waals surface area contributed by atoms with E-state index in [0.29, 0.717) is 0 Å². The largest absolute Gasteiger partial charge is 1.00 e. The summed E-state index contributed by atoms with van der Waals surface area (Å²) in [5.41, 5.74) is 0. The molecule has 0 fully saturated rings. The number of halogens is 2. The van der Waals surface area contributed by atoms with E-state index in [1.165, 1.54) is 7.11 Å². The number of hydrogen-bond donors (Lipinski definition) is 0. The van der Waals surface area contributed by atoms with Crippen LogP contribution in [-0.4, -0.2) is 7.11 Å². The van der Waals surface area contributed by atoms with Gasteiger partial charge in [-0.1, -0.05) is 12.1 Å². The molecule has 0 heterocycles. The molecule has 0 N–H and O–H groups in total. The zero-order valence-corrected chi connectivity index (χ0v) is 6.32. The zero-order chi connectivity index (χ0) is 7.56. The summed E-state index contributed by atoms with van der Waals surface area (Å²) in [6.07, 6.45) is 0. The molecular weight excluding hydrogens is 145 g/mol. The van der Waals surface area contributed by atoms with Crippen LogP contribution < -0.4 is 23.6 Å². The van der Waals surface area contributed by atoms with Crippen LogP contribution in [-0.2, 0) is 0 Å². The molecule has 4 heteroatoms. The minimum atomic E-state index is -0.753. The third kappa shape index (κ3) is 2.92. The van der Waals surface area contributed by atoms with Crippen molar-refractivity contribution in [2.24, 2.45) is 0 Å². The van der Waals surface area contributed by atoms with Gasteiger partial charge in [0.15, 0.2) is 0 Å². The Morgan fingerprint density at radius 2 is 1.73 bits per heavy atom. The second kappa shape index (κ2) is 4.37. The molecular formula is C7H5F2LiO. The maximum Gasteiger partial charge on any atom is 1.00 e. The SMILES string of the molecule is COc1cc(F)[c-]c(F)c1.[Li+]. The molecule has 1 nitrogen and oxygen atoms in total. The van der Waals surface area contributed by atoms with E-state index in [-0.39, 0.29) is 24.6 Å². The van der Waals surface area contributed by atoms with E-state index in [1.54, 1.807) is 0 Å². The number of methoxy groups -OCH3 is 1. The minimum absolute atomic E-state index is 0. The molecule has 0 bridgehead atoms. The maximum atomic E-state index is 12.2. The zero-order valence-electron chi connectivity index (χ0n) is 6.32. The average Bonchev–Trinajstić information content (AvgIpc) is 1.85. The van der Waals surface area contributed by atoms with Crippen molar-refractivity contribution < 1.29 is 32.4 Å². The predicted octanol–water partition coefficient (Wildman–Crippen LogP) is -1.22. The standard InChI is InChI=1S/C7H5F2O.Li/c1-10-7-3-5(8)2-6(9)4-7;/h3-4H,1H3;/q-1;+1. The van der Waals surface area contributed by atoms with Crippen molar-refractivity contribution in [2.45, 2.75) is 0 Å². The van der Waals surface area contributed by atoms with Gasteiger partial charge < -0.3 is 4.74 Å². The third-order valence-electron chi connectivity index (χ3n) is 1.01. The van der Waals surface area contributed by atoms with E-state index in [0.717, 1.165) is 12.1 Å². The summed E-state index contributed by atoms with van der Waals surface area (Å²) >= 11 is 0. The van der Waals surface area contributed by atoms with Crippen molar-refractivity contribution in [3.8, 4) is 5.75 Å². The summed E-state index contributed by atoms with van der Waals surface area (Å²) < 4.78 is 29.1. The number of benzene rings is 1. The van der Waals surface area contributed by atoms with E-state index in [2.05, 4.69) is 4.74 Å². The van der Waals surface area contributed by atoms with Crippen LogP contribution in [0.3, 0.4) is 0 Å². The number of rotatable bonds is 1. The summed E-state index contributed by atoms with van der Waals surface area (Å²) in [5.74, 6) is -1.34. The first-order valence-corrected chi connectivity index (χ1v) is 2.65. The maximum absolute atomic E-state index is 12.2. The van der Waals surface area contributed by atoms with Crippen molar-refractivity contribution >= 4 is 0 Å². The van der Waals surface area contributed by atoms with Gasteiger partial charge in [0.25, 0.3) is 0 Å². The van der Waals surface area contributed by atoms with Gasteiger partial charge in [0.1, 0.15) is 0 Å². The summed E-state index contributed by atoms with van der Waals surface area (Å²) in [5, 5.41) is 0. The molecule has 0 spiro atoms. The molecule has 54 valence electrons. The van der Waals surface area contributed by atoms with Crippen molar-refractivity contribution in [3.05, 3.63) is 29.8 Å². The summed E-state index contributed by atoms with van der Waals surface area (Å²) in [7, 11) is 1.34. The molecule has 0 aliphatic heterocycles. The Morgan fingerprint density at radius 3 is 2.09 bits per heavy atom. The molecule has 11 heavy (non-hydrogen) atoms. The Bertz CT molecular complexity index is 220. The molecule has 1 rings (SSSR count). The molecule has 1 aromatic carbocycles. The molecule has 0 radical (unpaired) electrons. The molecule has 0 atom stereocenters. The fourth-order valence-corrected chi connectivity index (χ4v) is 0.596. The van der Waals surface area contributed by atoms with E-state index in [9.17, 15) is 8.78 Å². The molecule has 0 aromatic heterocycles. The first-order chi connectivity index (χ1) is 4.72. The smallest absolute Gasteiger partial charge is 0.522 e. The van der Waals surface area contributed by atoms with Gasteiger partial charge in [-0.15, -0.1) is 6.07 Å². The minimum Gasteiger partial charge on any atom is -0.522 e. The Kier molecular flexibility index (Phi) is 4.17. The Hall–Kier alpha value is -0.523. The second-order valence-corrected chi connectivity index (χ2v) is 1.72. The molecule has 0 amide bonds. The number of hydrogen-bond acceptors (Lipinski definition) is 1. The fourth-order valence-electron chi connectivity index (χ4n) is 0.596. The van der Waals surface area contributed by atoms with Crippen LogP contribution in [0.1, 0.15) is 0 Å². The first-order valence-electron chi connectivity index (χ1n) is 2.65. The van der Waals surface area contributed by atoms with Crippen LogP contribution in [0.15, 0.2) is 12.1 Å². The number of ether oxygens (including phenoxy) is 1. The van der Waals surface area contributed by atoms with Crippen LogP contribution in [0.4, 0.5) is 8.78 Å². The molecule has 0 unspecified atom stereocenters. The quantitative estimate of drug-likeness (QED) is 0.360. The Labute approximate surface area is 75.5 Å². The van der Waals surface area contributed by atoms with Crippen LogP contribution in [0.5, 0.6) is 5.75 Å². The van der Waals surface area contributed by atoms with E-state index < -0.39 is 11.6 Å². The van der Waals surface area contributed by atoms with Crippen LogP contribution >= 0.6 is 0 Å². The van der Waals surface area contributed by atoms with Gasteiger partial charge in [-0.25, -0.2) is 8.78 Å². The molecule has 0 saturated carbocycles. The van der Waals surface area contributed by atoms with Crippen LogP contribution in [0, 0.1) is 17.7 Å². The summed E-state index contributed by atoms with van der Waals surface area (Å²) in [6, 6.07) is 3.95. The predicted molar refractivity (Wildman–Crippen MR) is 31.7 cm³/mol. The van der Waals surface area contributed by atoms with E-state index in [1.807, 2.05) is 6.07 Å². The van der Waals surface area contributed by atoms with E-state index >= 15 is 0 Å². The monoisotopic (exact) mass is 150 g/mol. The normalized spacial score (nSPS) is 8.64.